The average Bonchev–Trinajstić information content (AvgIpc) is 3.86. The Hall–Kier alpha value is -3.93. The fourth-order valence-corrected chi connectivity index (χ4v) is 6.54. The first-order valence-electron chi connectivity index (χ1n) is 15.0. The van der Waals surface area contributed by atoms with Crippen LogP contribution in [0.4, 0.5) is 13.2 Å². The van der Waals surface area contributed by atoms with E-state index in [2.05, 4.69) is 21.5 Å². The summed E-state index contributed by atoms with van der Waals surface area (Å²) in [6.45, 7) is 7.07. The van der Waals surface area contributed by atoms with Gasteiger partial charge in [-0.1, -0.05) is 13.8 Å². The summed E-state index contributed by atoms with van der Waals surface area (Å²) in [6, 6.07) is -1.62. The van der Waals surface area contributed by atoms with E-state index < -0.39 is 64.6 Å². The zero-order valence-electron chi connectivity index (χ0n) is 25.9. The van der Waals surface area contributed by atoms with Crippen molar-refractivity contribution >= 4 is 23.2 Å². The first kappa shape index (κ1) is 32.5. The summed E-state index contributed by atoms with van der Waals surface area (Å²) in [7, 11) is 1.48. The van der Waals surface area contributed by atoms with Gasteiger partial charge in [0.25, 0.3) is 0 Å². The fraction of sp³-hybridized carbons (Fsp3) is 0.667. The number of halogens is 3. The second kappa shape index (κ2) is 11.5. The van der Waals surface area contributed by atoms with Gasteiger partial charge in [0.05, 0.1) is 31.1 Å². The van der Waals surface area contributed by atoms with Crippen molar-refractivity contribution in [3.8, 4) is 11.9 Å². The Morgan fingerprint density at radius 2 is 1.87 bits per heavy atom. The molecule has 3 heterocycles. The van der Waals surface area contributed by atoms with Crippen LogP contribution < -0.4 is 15.4 Å². The molecular weight excluding hydrogens is 595 g/mol. The molecule has 0 bridgehead atoms. The molecule has 2 N–H and O–H groups in total. The Morgan fingerprint density at radius 1 is 1.18 bits per heavy atom. The Labute approximate surface area is 258 Å². The van der Waals surface area contributed by atoms with E-state index in [1.807, 2.05) is 19.2 Å². The van der Waals surface area contributed by atoms with Crippen LogP contribution in [-0.2, 0) is 25.5 Å². The maximum atomic E-state index is 14.1. The van der Waals surface area contributed by atoms with E-state index in [9.17, 15) is 32.8 Å². The van der Waals surface area contributed by atoms with Gasteiger partial charge in [0.1, 0.15) is 23.6 Å². The van der Waals surface area contributed by atoms with E-state index in [-0.39, 0.29) is 13.0 Å². The number of nitrogens with one attached hydrogen (secondary N) is 2. The number of carbonyl (C=O) groups is 3. The first-order valence-corrected chi connectivity index (χ1v) is 15.0. The Bertz CT molecular complexity index is 1530. The van der Waals surface area contributed by atoms with Gasteiger partial charge in [-0.15, -0.1) is 0 Å². The number of alkyl halides is 3. The highest BCUT2D eigenvalue weighted by molar-refractivity contribution is 5.95. The van der Waals surface area contributed by atoms with E-state index in [4.69, 9.17) is 9.47 Å². The predicted molar refractivity (Wildman–Crippen MR) is 153 cm³/mol. The van der Waals surface area contributed by atoms with Crippen LogP contribution in [0.3, 0.4) is 0 Å². The summed E-state index contributed by atoms with van der Waals surface area (Å²) < 4.78 is 52.8. The van der Waals surface area contributed by atoms with E-state index in [0.717, 1.165) is 18.4 Å². The zero-order chi connectivity index (χ0) is 32.9. The van der Waals surface area contributed by atoms with Crippen molar-refractivity contribution in [2.24, 2.45) is 10.8 Å². The molecule has 2 unspecified atom stereocenters. The van der Waals surface area contributed by atoms with Gasteiger partial charge in [0.15, 0.2) is 0 Å². The van der Waals surface area contributed by atoms with Crippen LogP contribution in [0, 0.1) is 22.2 Å². The summed E-state index contributed by atoms with van der Waals surface area (Å²) in [5, 5.41) is 18.9. The molecule has 45 heavy (non-hydrogen) atoms. The number of aryl methyl sites for hydroxylation is 1. The number of hydrogen-bond donors (Lipinski definition) is 2. The summed E-state index contributed by atoms with van der Waals surface area (Å²) in [5.41, 5.74) is -0.388. The van der Waals surface area contributed by atoms with Crippen LogP contribution in [-0.4, -0.2) is 86.9 Å². The van der Waals surface area contributed by atoms with E-state index in [1.165, 1.54) is 18.9 Å². The van der Waals surface area contributed by atoms with Gasteiger partial charge < -0.3 is 25.0 Å². The molecule has 2 saturated carbocycles. The van der Waals surface area contributed by atoms with E-state index >= 15 is 0 Å². The summed E-state index contributed by atoms with van der Waals surface area (Å²) in [4.78, 5) is 45.5. The van der Waals surface area contributed by atoms with Gasteiger partial charge in [0.2, 0.25) is 17.7 Å². The third kappa shape index (κ3) is 6.16. The van der Waals surface area contributed by atoms with E-state index in [1.54, 1.807) is 30.0 Å². The smallest absolute Gasteiger partial charge is 0.471 e. The number of methoxy groups -OCH3 is 1. The molecule has 1 aliphatic heterocycles. The Balaban J connectivity index is 1.36. The number of nitriles is 1. The molecule has 1 saturated heterocycles. The Kier molecular flexibility index (Phi) is 8.26. The molecule has 5 rings (SSSR count). The standard InChI is InChI=1S/C30H38F3N7O5/c1-17(45-28(4)8-9-28)20(38-26(43)30(31,32)33)25(42)39-16-29(10-11-29)27(2,3)22(39)23(41)37-19(14-34)7-6-18-15-36-40-13-12-35-24(44-5)21(18)40/h12-13,15,17,19-20,22H,6-11,16H2,1-5H3,(H,37,41)(H,38,43)/t17-,19?,20+,22?/m1/s1. The number of aromatic nitrogens is 3. The molecular formula is C30H38F3N7O5. The second-order valence-electron chi connectivity index (χ2n) is 13.2. The maximum absolute atomic E-state index is 14.1. The molecule has 4 atom stereocenters. The minimum absolute atomic E-state index is 0.131. The fourth-order valence-electron chi connectivity index (χ4n) is 6.54. The van der Waals surface area contributed by atoms with Gasteiger partial charge >= 0.3 is 12.1 Å². The third-order valence-corrected chi connectivity index (χ3v) is 9.77. The maximum Gasteiger partial charge on any atom is 0.471 e. The number of amides is 3. The molecule has 0 radical (unpaired) electrons. The second-order valence-corrected chi connectivity index (χ2v) is 13.2. The molecule has 1 spiro atoms. The molecule has 244 valence electrons. The lowest BCUT2D eigenvalue weighted by Gasteiger charge is -2.36. The van der Waals surface area contributed by atoms with Crippen molar-refractivity contribution in [1.82, 2.24) is 30.1 Å². The molecule has 3 amide bonds. The van der Waals surface area contributed by atoms with Crippen molar-refractivity contribution < 1.29 is 37.0 Å². The third-order valence-electron chi connectivity index (χ3n) is 9.77. The number of rotatable bonds is 11. The van der Waals surface area contributed by atoms with Gasteiger partial charge in [-0.25, -0.2) is 9.50 Å². The normalized spacial score (nSPS) is 22.7. The lowest BCUT2D eigenvalue weighted by atomic mass is 9.73. The van der Waals surface area contributed by atoms with Crippen LogP contribution in [0.1, 0.15) is 65.4 Å². The topological polar surface area (TPSA) is 151 Å². The van der Waals surface area contributed by atoms with Crippen LogP contribution in [0.2, 0.25) is 0 Å². The number of likely N-dealkylation sites (tertiary alicyclic amines) is 1. The monoisotopic (exact) mass is 633 g/mol. The molecule has 3 fully saturated rings. The largest absolute Gasteiger partial charge is 0.479 e. The van der Waals surface area contributed by atoms with Crippen molar-refractivity contribution in [3.05, 3.63) is 24.2 Å². The van der Waals surface area contributed by atoms with E-state index in [0.29, 0.717) is 30.7 Å². The van der Waals surface area contributed by atoms with Gasteiger partial charge in [0, 0.05) is 29.9 Å². The SMILES string of the molecule is COc1nccn2ncc(CCC(C#N)NC(=O)C3N(C(=O)[C@@H](NC(=O)C(F)(F)F)[C@@H](C)OC4(C)CC4)CC4(CC4)C3(C)C)c12. The van der Waals surface area contributed by atoms with Crippen molar-refractivity contribution in [2.75, 3.05) is 13.7 Å². The van der Waals surface area contributed by atoms with Gasteiger partial charge in [-0.05, 0) is 57.8 Å². The zero-order valence-corrected chi connectivity index (χ0v) is 25.9. The first-order chi connectivity index (χ1) is 21.1. The molecule has 2 aliphatic carbocycles. The number of fused-ring (bicyclic) bond motifs is 1. The predicted octanol–water partition coefficient (Wildman–Crippen LogP) is 2.70. The van der Waals surface area contributed by atoms with Crippen molar-refractivity contribution in [2.45, 2.75) is 102 Å². The van der Waals surface area contributed by atoms with Crippen LogP contribution in [0.5, 0.6) is 5.88 Å². The van der Waals surface area contributed by atoms with Crippen LogP contribution >= 0.6 is 0 Å². The quantitative estimate of drug-likeness (QED) is 0.384. The molecule has 2 aromatic rings. The van der Waals surface area contributed by atoms with Gasteiger partial charge in [-0.2, -0.15) is 23.5 Å². The number of nitrogens with zero attached hydrogens (tertiary/aromatic N) is 5. The summed E-state index contributed by atoms with van der Waals surface area (Å²) in [5.74, 6) is -3.32. The van der Waals surface area contributed by atoms with Gasteiger partial charge in [-0.3, -0.25) is 14.4 Å². The lowest BCUT2D eigenvalue weighted by molar-refractivity contribution is -0.177. The average molecular weight is 634 g/mol. The number of ether oxygens (including phenoxy) is 2. The minimum Gasteiger partial charge on any atom is -0.479 e. The van der Waals surface area contributed by atoms with Crippen LogP contribution in [0.15, 0.2) is 18.6 Å². The highest BCUT2D eigenvalue weighted by Gasteiger charge is 2.67. The van der Waals surface area contributed by atoms with Crippen molar-refractivity contribution in [1.29, 1.82) is 5.26 Å². The summed E-state index contributed by atoms with van der Waals surface area (Å²) in [6.07, 6.45) is 1.88. The Morgan fingerprint density at radius 3 is 2.44 bits per heavy atom. The highest BCUT2D eigenvalue weighted by atomic mass is 19.4. The molecule has 12 nitrogen and oxygen atoms in total. The molecule has 0 aromatic carbocycles. The van der Waals surface area contributed by atoms with Crippen molar-refractivity contribution in [3.63, 3.8) is 0 Å². The molecule has 3 aliphatic rings. The molecule has 15 heteroatoms. The summed E-state index contributed by atoms with van der Waals surface area (Å²) >= 11 is 0. The number of carbonyl (C=O) groups excluding carboxylic acids is 3. The highest BCUT2D eigenvalue weighted by Crippen LogP contribution is 2.65. The van der Waals surface area contributed by atoms with Crippen LogP contribution in [0.25, 0.3) is 5.52 Å². The number of hydrogen-bond acceptors (Lipinski definition) is 8. The molecule has 2 aromatic heterocycles. The lowest BCUT2D eigenvalue weighted by Crippen LogP contribution is -2.61. The minimum atomic E-state index is -5.22.